The molecule has 22 heavy (non-hydrogen) atoms. The van der Waals surface area contributed by atoms with E-state index >= 15 is 0 Å². The van der Waals surface area contributed by atoms with Crippen LogP contribution in [0.4, 0.5) is 5.69 Å². The number of carbonyl (C=O) groups excluding carboxylic acids is 1. The number of amidine groups is 1. The van der Waals surface area contributed by atoms with Crippen LogP contribution < -0.4 is 4.90 Å². The summed E-state index contributed by atoms with van der Waals surface area (Å²) in [4.78, 5) is 14.7. The van der Waals surface area contributed by atoms with Crippen LogP contribution in [0.2, 0.25) is 0 Å². The van der Waals surface area contributed by atoms with Crippen molar-refractivity contribution in [3.8, 4) is 0 Å². The molecule has 1 heterocycles. The molecule has 1 fully saturated rings. The van der Waals surface area contributed by atoms with Crippen molar-refractivity contribution < 1.29 is 4.79 Å². The van der Waals surface area contributed by atoms with Crippen LogP contribution in [0.5, 0.6) is 0 Å². The van der Waals surface area contributed by atoms with Crippen molar-refractivity contribution in [2.45, 2.75) is 6.92 Å². The molecule has 3 nitrogen and oxygen atoms in total. The maximum absolute atomic E-state index is 12.6. The largest absolute Gasteiger partial charge is 0.278 e. The molecule has 1 saturated heterocycles. The predicted octanol–water partition coefficient (Wildman–Crippen LogP) is 4.81. The Kier molecular flexibility index (Phi) is 4.18. The normalized spacial score (nSPS) is 16.6. The van der Waals surface area contributed by atoms with E-state index in [2.05, 4.69) is 15.9 Å². The van der Waals surface area contributed by atoms with Gasteiger partial charge in [0.15, 0.2) is 5.17 Å². The van der Waals surface area contributed by atoms with Crippen molar-refractivity contribution in [2.24, 2.45) is 0 Å². The highest BCUT2D eigenvalue weighted by atomic mass is 79.9. The van der Waals surface area contributed by atoms with Gasteiger partial charge >= 0.3 is 0 Å². The lowest BCUT2D eigenvalue weighted by molar-refractivity contribution is -0.113. The van der Waals surface area contributed by atoms with Crippen LogP contribution >= 0.6 is 27.7 Å². The van der Waals surface area contributed by atoms with Gasteiger partial charge in [0, 0.05) is 4.47 Å². The Bertz CT molecular complexity index is 784. The number of para-hydroxylation sites is 1. The SMILES string of the molecule is Cc1ccccc1N1C(=N)S/C(=C\c2ccc(Br)cc2)C1=O. The van der Waals surface area contributed by atoms with Gasteiger partial charge in [-0.3, -0.25) is 15.1 Å². The molecular formula is C17H13BrN2OS. The highest BCUT2D eigenvalue weighted by Gasteiger charge is 2.34. The third-order valence-electron chi connectivity index (χ3n) is 3.35. The van der Waals surface area contributed by atoms with Gasteiger partial charge in [-0.05, 0) is 54.1 Å². The van der Waals surface area contributed by atoms with Gasteiger partial charge < -0.3 is 0 Å². The number of thioether (sulfide) groups is 1. The zero-order valence-electron chi connectivity index (χ0n) is 11.8. The summed E-state index contributed by atoms with van der Waals surface area (Å²) >= 11 is 4.59. The summed E-state index contributed by atoms with van der Waals surface area (Å²) in [5.41, 5.74) is 2.69. The highest BCUT2D eigenvalue weighted by molar-refractivity contribution is 9.10. The Balaban J connectivity index is 1.95. The number of halogens is 1. The maximum atomic E-state index is 12.6. The minimum Gasteiger partial charge on any atom is -0.278 e. The smallest absolute Gasteiger partial charge is 0.271 e. The van der Waals surface area contributed by atoms with E-state index < -0.39 is 0 Å². The molecular weight excluding hydrogens is 360 g/mol. The molecule has 0 radical (unpaired) electrons. The average molecular weight is 373 g/mol. The van der Waals surface area contributed by atoms with E-state index in [4.69, 9.17) is 5.41 Å². The maximum Gasteiger partial charge on any atom is 0.271 e. The number of rotatable bonds is 2. The number of benzene rings is 2. The second-order valence-electron chi connectivity index (χ2n) is 4.89. The van der Waals surface area contributed by atoms with E-state index in [-0.39, 0.29) is 11.1 Å². The molecule has 0 aliphatic carbocycles. The van der Waals surface area contributed by atoms with E-state index in [1.54, 1.807) is 0 Å². The van der Waals surface area contributed by atoms with E-state index in [9.17, 15) is 4.79 Å². The molecule has 2 aromatic rings. The van der Waals surface area contributed by atoms with Crippen LogP contribution in [0.15, 0.2) is 57.9 Å². The zero-order chi connectivity index (χ0) is 15.7. The Morgan fingerprint density at radius 2 is 1.82 bits per heavy atom. The first-order valence-electron chi connectivity index (χ1n) is 6.70. The number of hydrogen-bond donors (Lipinski definition) is 1. The van der Waals surface area contributed by atoms with Gasteiger partial charge in [-0.1, -0.05) is 46.3 Å². The third kappa shape index (κ3) is 2.87. The molecule has 2 aromatic carbocycles. The van der Waals surface area contributed by atoms with E-state index in [0.717, 1.165) is 21.3 Å². The van der Waals surface area contributed by atoms with E-state index in [1.165, 1.54) is 16.7 Å². The fourth-order valence-electron chi connectivity index (χ4n) is 2.23. The van der Waals surface area contributed by atoms with Gasteiger partial charge in [0.2, 0.25) is 0 Å². The minimum absolute atomic E-state index is 0.146. The summed E-state index contributed by atoms with van der Waals surface area (Å²) in [7, 11) is 0. The first-order valence-corrected chi connectivity index (χ1v) is 8.31. The summed E-state index contributed by atoms with van der Waals surface area (Å²) < 4.78 is 0.995. The van der Waals surface area contributed by atoms with Gasteiger partial charge in [-0.25, -0.2) is 0 Å². The number of amides is 1. The number of nitrogens with one attached hydrogen (secondary N) is 1. The lowest BCUT2D eigenvalue weighted by Gasteiger charge is -2.16. The van der Waals surface area contributed by atoms with E-state index in [1.807, 2.05) is 61.5 Å². The molecule has 0 saturated carbocycles. The van der Waals surface area contributed by atoms with Crippen molar-refractivity contribution in [1.29, 1.82) is 5.41 Å². The molecule has 1 aliphatic heterocycles. The monoisotopic (exact) mass is 372 g/mol. The molecule has 1 aliphatic rings. The summed E-state index contributed by atoms with van der Waals surface area (Å²) in [6.07, 6.45) is 1.83. The van der Waals surface area contributed by atoms with Crippen LogP contribution in [0, 0.1) is 12.3 Å². The molecule has 0 aromatic heterocycles. The number of hydrogen-bond acceptors (Lipinski definition) is 3. The Morgan fingerprint density at radius 1 is 1.14 bits per heavy atom. The lowest BCUT2D eigenvalue weighted by Crippen LogP contribution is -2.28. The van der Waals surface area contributed by atoms with Crippen LogP contribution in [0.1, 0.15) is 11.1 Å². The van der Waals surface area contributed by atoms with Gasteiger partial charge in [0.1, 0.15) is 0 Å². The van der Waals surface area contributed by atoms with Crippen LogP contribution in [0.25, 0.3) is 6.08 Å². The quantitative estimate of drug-likeness (QED) is 0.768. The fourth-order valence-corrected chi connectivity index (χ4v) is 3.35. The Labute approximate surface area is 141 Å². The van der Waals surface area contributed by atoms with Gasteiger partial charge in [0.05, 0.1) is 10.6 Å². The van der Waals surface area contributed by atoms with Crippen LogP contribution in [-0.4, -0.2) is 11.1 Å². The lowest BCUT2D eigenvalue weighted by atomic mass is 10.1. The first kappa shape index (κ1) is 15.1. The Morgan fingerprint density at radius 3 is 2.50 bits per heavy atom. The number of aryl methyl sites for hydroxylation is 1. The summed E-state index contributed by atoms with van der Waals surface area (Å²) in [5.74, 6) is -0.146. The van der Waals surface area contributed by atoms with Crippen molar-refractivity contribution >= 4 is 50.5 Å². The van der Waals surface area contributed by atoms with Gasteiger partial charge in [0.25, 0.3) is 5.91 Å². The number of carbonyl (C=O) groups is 1. The molecule has 1 amide bonds. The van der Waals surface area contributed by atoms with Crippen molar-refractivity contribution in [1.82, 2.24) is 0 Å². The highest BCUT2D eigenvalue weighted by Crippen LogP contribution is 2.36. The third-order valence-corrected chi connectivity index (χ3v) is 4.76. The summed E-state index contributed by atoms with van der Waals surface area (Å²) in [5, 5.41) is 8.36. The predicted molar refractivity (Wildman–Crippen MR) is 96.1 cm³/mol. The average Bonchev–Trinajstić information content (AvgIpc) is 2.77. The van der Waals surface area contributed by atoms with E-state index in [0.29, 0.717) is 4.91 Å². The standard InChI is InChI=1S/C17H13BrN2OS/c1-11-4-2-3-5-14(11)20-16(21)15(22-17(20)19)10-12-6-8-13(18)9-7-12/h2-10,19H,1H3/b15-10-,19-17?. The molecule has 0 unspecified atom stereocenters. The molecule has 5 heteroatoms. The molecule has 0 bridgehead atoms. The zero-order valence-corrected chi connectivity index (χ0v) is 14.2. The van der Waals surface area contributed by atoms with Gasteiger partial charge in [-0.2, -0.15) is 0 Å². The Hall–Kier alpha value is -1.85. The first-order chi connectivity index (χ1) is 10.6. The van der Waals surface area contributed by atoms with Gasteiger partial charge in [-0.15, -0.1) is 0 Å². The topological polar surface area (TPSA) is 44.2 Å². The van der Waals surface area contributed by atoms with Crippen LogP contribution in [-0.2, 0) is 4.79 Å². The van der Waals surface area contributed by atoms with Crippen LogP contribution in [0.3, 0.4) is 0 Å². The molecule has 110 valence electrons. The molecule has 0 spiro atoms. The number of nitrogens with zero attached hydrogens (tertiary/aromatic N) is 1. The summed E-state index contributed by atoms with van der Waals surface area (Å²) in [6, 6.07) is 15.3. The number of anilines is 1. The minimum atomic E-state index is -0.146. The molecule has 0 atom stereocenters. The summed E-state index contributed by atoms with van der Waals surface area (Å²) in [6.45, 7) is 1.94. The van der Waals surface area contributed by atoms with Crippen molar-refractivity contribution in [3.05, 3.63) is 69.0 Å². The molecule has 1 N–H and O–H groups in total. The van der Waals surface area contributed by atoms with Crippen molar-refractivity contribution in [2.75, 3.05) is 4.90 Å². The second kappa shape index (κ2) is 6.10. The second-order valence-corrected chi connectivity index (χ2v) is 6.84. The van der Waals surface area contributed by atoms with Crippen molar-refractivity contribution in [3.63, 3.8) is 0 Å². The fraction of sp³-hybridized carbons (Fsp3) is 0.0588. The molecule has 3 rings (SSSR count).